The number of anilines is 2. The molecule has 8 heteroatoms. The van der Waals surface area contributed by atoms with Crippen molar-refractivity contribution in [3.05, 3.63) is 17.3 Å². The Morgan fingerprint density at radius 1 is 1.41 bits per heavy atom. The van der Waals surface area contributed by atoms with Gasteiger partial charge in [-0.05, 0) is 6.07 Å². The summed E-state index contributed by atoms with van der Waals surface area (Å²) < 4.78 is 39.6. The van der Waals surface area contributed by atoms with Gasteiger partial charge in [-0.25, -0.2) is 4.98 Å². The van der Waals surface area contributed by atoms with E-state index in [0.29, 0.717) is 11.5 Å². The molecule has 4 nitrogen and oxygen atoms in total. The van der Waals surface area contributed by atoms with E-state index < -0.39 is 12.8 Å². The van der Waals surface area contributed by atoms with Gasteiger partial charge in [0.1, 0.15) is 17.6 Å². The van der Waals surface area contributed by atoms with E-state index >= 15 is 0 Å². The lowest BCUT2D eigenvalue weighted by atomic mass is 10.4. The molecule has 0 aromatic carbocycles. The van der Waals surface area contributed by atoms with Crippen LogP contribution in [0.1, 0.15) is 0 Å². The molecule has 0 fully saturated rings. The van der Waals surface area contributed by atoms with E-state index in [9.17, 15) is 13.2 Å². The van der Waals surface area contributed by atoms with Crippen LogP contribution in [0.25, 0.3) is 0 Å². The summed E-state index contributed by atoms with van der Waals surface area (Å²) in [5, 5.41) is 2.96. The molecule has 0 saturated heterocycles. The fourth-order valence-corrected chi connectivity index (χ4v) is 1.26. The number of alkyl halides is 3. The van der Waals surface area contributed by atoms with Crippen molar-refractivity contribution in [2.24, 2.45) is 0 Å². The number of rotatable bonds is 5. The molecule has 0 amide bonds. The highest BCUT2D eigenvalue weighted by Gasteiger charge is 2.27. The van der Waals surface area contributed by atoms with Gasteiger partial charge in [-0.15, -0.1) is 0 Å². The van der Waals surface area contributed by atoms with Crippen molar-refractivity contribution in [2.45, 2.75) is 6.18 Å². The smallest absolute Gasteiger partial charge is 0.399 e. The highest BCUT2D eigenvalue weighted by molar-refractivity contribution is 6.29. The number of nitrogen functional groups attached to an aromatic ring is 1. The van der Waals surface area contributed by atoms with Crippen LogP contribution >= 0.6 is 11.6 Å². The second-order valence-electron chi connectivity index (χ2n) is 3.20. The molecule has 1 aromatic rings. The summed E-state index contributed by atoms with van der Waals surface area (Å²) in [6.07, 6.45) is -4.31. The Hall–Kier alpha value is -1.21. The summed E-state index contributed by atoms with van der Waals surface area (Å²) in [6.45, 7) is -1.17. The number of aromatic nitrogens is 1. The lowest BCUT2D eigenvalue weighted by Gasteiger charge is -2.09. The van der Waals surface area contributed by atoms with Gasteiger partial charge in [0, 0.05) is 18.3 Å². The molecule has 1 aromatic heterocycles. The zero-order valence-electron chi connectivity index (χ0n) is 8.72. The molecule has 17 heavy (non-hydrogen) atoms. The molecule has 96 valence electrons. The Morgan fingerprint density at radius 2 is 2.12 bits per heavy atom. The number of hydrogen-bond donors (Lipinski definition) is 2. The Balaban J connectivity index is 2.27. The molecule has 1 rings (SSSR count). The maximum Gasteiger partial charge on any atom is 0.411 e. The standard InChI is InChI=1S/C9H11ClF3N3O/c10-7-3-6(14)4-8(16-7)15-1-2-17-5-9(11,12)13/h3-4H,1-2,5H2,(H3,14,15,16). The van der Waals surface area contributed by atoms with Crippen molar-refractivity contribution in [3.63, 3.8) is 0 Å². The summed E-state index contributed by atoms with van der Waals surface area (Å²) in [5.74, 6) is 0.394. The molecular weight excluding hydrogens is 259 g/mol. The average molecular weight is 270 g/mol. The van der Waals surface area contributed by atoms with Crippen LogP contribution in [0.4, 0.5) is 24.7 Å². The molecule has 3 N–H and O–H groups in total. The van der Waals surface area contributed by atoms with Gasteiger partial charge in [-0.2, -0.15) is 13.2 Å². The number of nitrogens with two attached hydrogens (primary N) is 1. The Bertz CT molecular complexity index is 353. The zero-order valence-corrected chi connectivity index (χ0v) is 9.48. The van der Waals surface area contributed by atoms with Crippen molar-refractivity contribution in [1.29, 1.82) is 0 Å². The summed E-state index contributed by atoms with van der Waals surface area (Å²) in [5.41, 5.74) is 5.92. The topological polar surface area (TPSA) is 60.2 Å². The first kappa shape index (κ1) is 13.9. The van der Waals surface area contributed by atoms with Crippen LogP contribution in [0, 0.1) is 0 Å². The van der Waals surface area contributed by atoms with E-state index in [1.165, 1.54) is 12.1 Å². The third kappa shape index (κ3) is 6.18. The first-order chi connectivity index (χ1) is 7.87. The zero-order chi connectivity index (χ0) is 12.9. The van der Waals surface area contributed by atoms with Crippen LogP contribution in [0.3, 0.4) is 0 Å². The average Bonchev–Trinajstić information content (AvgIpc) is 2.13. The van der Waals surface area contributed by atoms with Gasteiger partial charge in [0.15, 0.2) is 0 Å². The fraction of sp³-hybridized carbons (Fsp3) is 0.444. The van der Waals surface area contributed by atoms with E-state index in [1.807, 2.05) is 0 Å². The minimum Gasteiger partial charge on any atom is -0.399 e. The number of halogens is 4. The molecule has 0 aliphatic rings. The van der Waals surface area contributed by atoms with E-state index in [1.54, 1.807) is 0 Å². The third-order valence-electron chi connectivity index (χ3n) is 1.63. The minimum atomic E-state index is -4.31. The maximum atomic E-state index is 11.7. The highest BCUT2D eigenvalue weighted by Crippen LogP contribution is 2.16. The van der Waals surface area contributed by atoms with Crippen LogP contribution in [0.15, 0.2) is 12.1 Å². The van der Waals surface area contributed by atoms with Crippen molar-refractivity contribution in [2.75, 3.05) is 30.8 Å². The quantitative estimate of drug-likeness (QED) is 0.636. The van der Waals surface area contributed by atoms with E-state index in [0.717, 1.165) is 0 Å². The van der Waals surface area contributed by atoms with E-state index in [-0.39, 0.29) is 18.3 Å². The number of nitrogens with one attached hydrogen (secondary N) is 1. The van der Waals surface area contributed by atoms with E-state index in [4.69, 9.17) is 17.3 Å². The fourth-order valence-electron chi connectivity index (χ4n) is 1.05. The Labute approximate surface area is 101 Å². The summed E-state index contributed by atoms with van der Waals surface area (Å²) in [7, 11) is 0. The molecule has 1 heterocycles. The van der Waals surface area contributed by atoms with Crippen LogP contribution in [-0.4, -0.2) is 30.9 Å². The highest BCUT2D eigenvalue weighted by atomic mass is 35.5. The first-order valence-electron chi connectivity index (χ1n) is 4.68. The van der Waals surface area contributed by atoms with Crippen molar-refractivity contribution in [1.82, 2.24) is 4.98 Å². The molecule has 0 aliphatic carbocycles. The molecular formula is C9H11ClF3N3O. The van der Waals surface area contributed by atoms with Gasteiger partial charge < -0.3 is 15.8 Å². The number of nitrogens with zero attached hydrogens (tertiary/aromatic N) is 1. The van der Waals surface area contributed by atoms with Crippen molar-refractivity contribution >= 4 is 23.1 Å². The van der Waals surface area contributed by atoms with Crippen molar-refractivity contribution in [3.8, 4) is 0 Å². The normalized spacial score (nSPS) is 11.5. The predicted octanol–water partition coefficient (Wildman–Crippen LogP) is 2.31. The summed E-state index contributed by atoms with van der Waals surface area (Å²) >= 11 is 5.64. The molecule has 0 unspecified atom stereocenters. The summed E-state index contributed by atoms with van der Waals surface area (Å²) in [6, 6.07) is 2.99. The number of pyridine rings is 1. The van der Waals surface area contributed by atoms with Crippen LogP contribution in [0.2, 0.25) is 5.15 Å². The lowest BCUT2D eigenvalue weighted by molar-refractivity contribution is -0.172. The monoisotopic (exact) mass is 269 g/mol. The van der Waals surface area contributed by atoms with Gasteiger partial charge in [0.25, 0.3) is 0 Å². The Kier molecular flexibility index (Phi) is 4.83. The minimum absolute atomic E-state index is 0.0897. The molecule has 0 bridgehead atoms. The van der Waals surface area contributed by atoms with Gasteiger partial charge in [-0.1, -0.05) is 11.6 Å². The molecule has 0 aliphatic heterocycles. The van der Waals surface area contributed by atoms with Crippen LogP contribution in [-0.2, 0) is 4.74 Å². The van der Waals surface area contributed by atoms with Gasteiger partial charge in [0.05, 0.1) is 6.61 Å². The lowest BCUT2D eigenvalue weighted by Crippen LogP contribution is -2.20. The van der Waals surface area contributed by atoms with Gasteiger partial charge in [-0.3, -0.25) is 0 Å². The van der Waals surface area contributed by atoms with Gasteiger partial charge in [0.2, 0.25) is 0 Å². The molecule has 0 saturated carbocycles. The van der Waals surface area contributed by atoms with E-state index in [2.05, 4.69) is 15.0 Å². The predicted molar refractivity (Wildman–Crippen MR) is 59.0 cm³/mol. The SMILES string of the molecule is Nc1cc(Cl)nc(NCCOCC(F)(F)F)c1. The molecule has 0 spiro atoms. The third-order valence-corrected chi connectivity index (χ3v) is 1.83. The number of hydrogen-bond acceptors (Lipinski definition) is 4. The molecule has 0 radical (unpaired) electrons. The Morgan fingerprint density at radius 3 is 2.71 bits per heavy atom. The first-order valence-corrected chi connectivity index (χ1v) is 5.06. The maximum absolute atomic E-state index is 11.7. The number of ether oxygens (including phenoxy) is 1. The van der Waals surface area contributed by atoms with Crippen LogP contribution < -0.4 is 11.1 Å². The second-order valence-corrected chi connectivity index (χ2v) is 3.59. The second kappa shape index (κ2) is 5.92. The largest absolute Gasteiger partial charge is 0.411 e. The summed E-state index contributed by atoms with van der Waals surface area (Å²) in [4.78, 5) is 3.88. The van der Waals surface area contributed by atoms with Crippen molar-refractivity contribution < 1.29 is 17.9 Å². The molecule has 0 atom stereocenters. The van der Waals surface area contributed by atoms with Gasteiger partial charge >= 0.3 is 6.18 Å². The van der Waals surface area contributed by atoms with Crippen LogP contribution in [0.5, 0.6) is 0 Å².